The third-order valence-corrected chi connectivity index (χ3v) is 4.49. The first kappa shape index (κ1) is 14.0. The van der Waals surface area contributed by atoms with Crippen LogP contribution in [0.4, 0.5) is 0 Å². The highest BCUT2D eigenvalue weighted by molar-refractivity contribution is 5.83. The van der Waals surface area contributed by atoms with Crippen LogP contribution in [0, 0.1) is 6.92 Å². The topological polar surface area (TPSA) is 59.6 Å². The molecule has 0 unspecified atom stereocenters. The fraction of sp³-hybridized carbons (Fsp3) is 0.353. The predicted octanol–water partition coefficient (Wildman–Crippen LogP) is 1.58. The van der Waals surface area contributed by atoms with Crippen molar-refractivity contribution in [1.29, 1.82) is 0 Å². The second kappa shape index (κ2) is 5.22. The Labute approximate surface area is 132 Å². The second-order valence-corrected chi connectivity index (χ2v) is 6.07. The number of aryl methyl sites for hydroxylation is 1. The van der Waals surface area contributed by atoms with Crippen LogP contribution in [0.2, 0.25) is 0 Å². The highest BCUT2D eigenvalue weighted by Gasteiger charge is 2.20. The van der Waals surface area contributed by atoms with Gasteiger partial charge in [0.15, 0.2) is 5.65 Å². The Hall–Kier alpha value is -2.63. The maximum absolute atomic E-state index is 12.7. The zero-order valence-electron chi connectivity index (χ0n) is 13.0. The molecular formula is C17H18N4O2. The minimum Gasteiger partial charge on any atom is -0.341 e. The molecule has 3 heterocycles. The van der Waals surface area contributed by atoms with Crippen molar-refractivity contribution in [2.45, 2.75) is 26.3 Å². The largest absolute Gasteiger partial charge is 0.351 e. The van der Waals surface area contributed by atoms with Gasteiger partial charge in [-0.2, -0.15) is 0 Å². The summed E-state index contributed by atoms with van der Waals surface area (Å²) in [5, 5.41) is 5.38. The number of hydrogen-bond acceptors (Lipinski definition) is 3. The molecular weight excluding hydrogens is 292 g/mol. The van der Waals surface area contributed by atoms with Crippen molar-refractivity contribution in [1.82, 2.24) is 19.1 Å². The molecule has 4 rings (SSSR count). The number of carbonyl (C=O) groups excluding carboxylic acids is 1. The van der Waals surface area contributed by atoms with Gasteiger partial charge >= 0.3 is 5.69 Å². The molecule has 0 N–H and O–H groups in total. The summed E-state index contributed by atoms with van der Waals surface area (Å²) in [6, 6.07) is 9.73. The molecule has 6 nitrogen and oxygen atoms in total. The number of aromatic nitrogens is 3. The molecule has 1 aliphatic rings. The summed E-state index contributed by atoms with van der Waals surface area (Å²) in [5.74, 6) is -0.0324. The van der Waals surface area contributed by atoms with Crippen molar-refractivity contribution in [2.24, 2.45) is 0 Å². The molecule has 0 aliphatic carbocycles. The molecule has 1 saturated heterocycles. The average molecular weight is 310 g/mol. The lowest BCUT2D eigenvalue weighted by Crippen LogP contribution is -2.34. The summed E-state index contributed by atoms with van der Waals surface area (Å²) in [5.41, 5.74) is 2.10. The Kier molecular flexibility index (Phi) is 3.18. The minimum atomic E-state index is -0.257. The zero-order chi connectivity index (χ0) is 16.0. The van der Waals surface area contributed by atoms with Gasteiger partial charge in [-0.15, -0.1) is 5.10 Å². The monoisotopic (exact) mass is 310 g/mol. The van der Waals surface area contributed by atoms with Gasteiger partial charge in [0, 0.05) is 13.1 Å². The van der Waals surface area contributed by atoms with Crippen LogP contribution in [0.5, 0.6) is 0 Å². The van der Waals surface area contributed by atoms with Gasteiger partial charge in [-0.3, -0.25) is 4.79 Å². The van der Waals surface area contributed by atoms with Gasteiger partial charge in [-0.1, -0.05) is 18.2 Å². The lowest BCUT2D eigenvalue weighted by molar-refractivity contribution is -0.131. The fourth-order valence-electron chi connectivity index (χ4n) is 3.29. The van der Waals surface area contributed by atoms with Crippen LogP contribution in [0.25, 0.3) is 16.6 Å². The third-order valence-electron chi connectivity index (χ3n) is 4.49. The zero-order valence-corrected chi connectivity index (χ0v) is 13.0. The van der Waals surface area contributed by atoms with Gasteiger partial charge < -0.3 is 4.90 Å². The predicted molar refractivity (Wildman–Crippen MR) is 87.5 cm³/mol. The molecule has 0 radical (unpaired) electrons. The van der Waals surface area contributed by atoms with Gasteiger partial charge in [0.1, 0.15) is 6.54 Å². The summed E-state index contributed by atoms with van der Waals surface area (Å²) in [7, 11) is 0. The summed E-state index contributed by atoms with van der Waals surface area (Å²) >= 11 is 0. The number of rotatable bonds is 2. The number of likely N-dealkylation sites (tertiary alicyclic amines) is 1. The summed E-state index contributed by atoms with van der Waals surface area (Å²) in [6.07, 6.45) is 2.07. The molecule has 118 valence electrons. The van der Waals surface area contributed by atoms with E-state index in [1.807, 2.05) is 37.3 Å². The lowest BCUT2D eigenvalue weighted by atomic mass is 10.1. The summed E-state index contributed by atoms with van der Waals surface area (Å²) in [4.78, 5) is 26.9. The second-order valence-electron chi connectivity index (χ2n) is 6.07. The van der Waals surface area contributed by atoms with Crippen molar-refractivity contribution >= 4 is 22.5 Å². The first-order valence-electron chi connectivity index (χ1n) is 7.91. The molecule has 1 aliphatic heterocycles. The maximum atomic E-state index is 12.7. The van der Waals surface area contributed by atoms with Gasteiger partial charge in [0.25, 0.3) is 0 Å². The Morgan fingerprint density at radius 1 is 1.22 bits per heavy atom. The van der Waals surface area contributed by atoms with E-state index in [2.05, 4.69) is 5.10 Å². The van der Waals surface area contributed by atoms with Gasteiger partial charge in [0.05, 0.1) is 5.52 Å². The van der Waals surface area contributed by atoms with Gasteiger partial charge in [-0.25, -0.2) is 13.9 Å². The van der Waals surface area contributed by atoms with Gasteiger partial charge in [0.2, 0.25) is 5.91 Å². The van der Waals surface area contributed by atoms with E-state index in [4.69, 9.17) is 0 Å². The maximum Gasteiger partial charge on any atom is 0.351 e. The Morgan fingerprint density at radius 2 is 1.96 bits per heavy atom. The van der Waals surface area contributed by atoms with E-state index in [9.17, 15) is 9.59 Å². The van der Waals surface area contributed by atoms with Crippen LogP contribution < -0.4 is 5.69 Å². The highest BCUT2D eigenvalue weighted by Crippen LogP contribution is 2.18. The van der Waals surface area contributed by atoms with Gasteiger partial charge in [-0.05, 0) is 42.8 Å². The number of hydrogen-bond donors (Lipinski definition) is 0. The Bertz CT molecular complexity index is 964. The molecule has 0 atom stereocenters. The molecule has 0 spiro atoms. The number of amides is 1. The fourth-order valence-corrected chi connectivity index (χ4v) is 3.29. The quantitative estimate of drug-likeness (QED) is 0.722. The first-order valence-corrected chi connectivity index (χ1v) is 7.91. The minimum absolute atomic E-state index is 0.00821. The number of carbonyl (C=O) groups is 1. The Morgan fingerprint density at radius 3 is 2.74 bits per heavy atom. The molecule has 23 heavy (non-hydrogen) atoms. The molecule has 2 aromatic heterocycles. The molecule has 1 aromatic carbocycles. The van der Waals surface area contributed by atoms with E-state index >= 15 is 0 Å². The molecule has 1 fully saturated rings. The van der Waals surface area contributed by atoms with Crippen molar-refractivity contribution < 1.29 is 4.79 Å². The van der Waals surface area contributed by atoms with E-state index in [0.717, 1.165) is 42.4 Å². The van der Waals surface area contributed by atoms with Crippen LogP contribution in [0.1, 0.15) is 18.4 Å². The summed E-state index contributed by atoms with van der Waals surface area (Å²) in [6.45, 7) is 3.50. The number of pyridine rings is 1. The SMILES string of the molecule is Cc1cc2ccccc2n2c(=O)n(CC(=O)N3CCCC3)nc12. The molecule has 0 bridgehead atoms. The lowest BCUT2D eigenvalue weighted by Gasteiger charge is -2.14. The van der Waals surface area contributed by atoms with E-state index in [-0.39, 0.29) is 18.1 Å². The highest BCUT2D eigenvalue weighted by atomic mass is 16.2. The van der Waals surface area contributed by atoms with Crippen molar-refractivity contribution in [2.75, 3.05) is 13.1 Å². The van der Waals surface area contributed by atoms with Crippen LogP contribution in [0.15, 0.2) is 35.1 Å². The normalized spacial score (nSPS) is 14.9. The van der Waals surface area contributed by atoms with E-state index in [1.165, 1.54) is 4.68 Å². The molecule has 1 amide bonds. The molecule has 3 aromatic rings. The number of fused-ring (bicyclic) bond motifs is 3. The molecule has 6 heteroatoms. The van der Waals surface area contributed by atoms with E-state index < -0.39 is 0 Å². The standard InChI is InChI=1S/C17H18N4O2/c1-12-10-13-6-2-3-7-14(13)21-16(12)18-20(17(21)23)11-15(22)19-8-4-5-9-19/h2-3,6-7,10H,4-5,8-9,11H2,1H3. The smallest absolute Gasteiger partial charge is 0.341 e. The number of benzene rings is 1. The number of nitrogens with zero attached hydrogens (tertiary/aromatic N) is 4. The van der Waals surface area contributed by atoms with E-state index in [1.54, 1.807) is 9.30 Å². The number of para-hydroxylation sites is 1. The van der Waals surface area contributed by atoms with E-state index in [0.29, 0.717) is 5.65 Å². The van der Waals surface area contributed by atoms with Crippen LogP contribution >= 0.6 is 0 Å². The van der Waals surface area contributed by atoms with Crippen molar-refractivity contribution in [3.8, 4) is 0 Å². The first-order chi connectivity index (χ1) is 11.1. The Balaban J connectivity index is 1.84. The summed E-state index contributed by atoms with van der Waals surface area (Å²) < 4.78 is 2.89. The third kappa shape index (κ3) is 2.21. The molecule has 0 saturated carbocycles. The van der Waals surface area contributed by atoms with Crippen LogP contribution in [-0.4, -0.2) is 38.1 Å². The van der Waals surface area contributed by atoms with Crippen molar-refractivity contribution in [3.63, 3.8) is 0 Å². The average Bonchev–Trinajstić information content (AvgIpc) is 3.17. The van der Waals surface area contributed by atoms with Crippen LogP contribution in [-0.2, 0) is 11.3 Å². The van der Waals surface area contributed by atoms with Crippen molar-refractivity contribution in [3.05, 3.63) is 46.4 Å². The van der Waals surface area contributed by atoms with Crippen LogP contribution in [0.3, 0.4) is 0 Å².